The molecule has 2 N–H and O–H groups in total. The quantitative estimate of drug-likeness (QED) is 0.672. The van der Waals surface area contributed by atoms with Gasteiger partial charge >= 0.3 is 0 Å². The summed E-state index contributed by atoms with van der Waals surface area (Å²) in [6.07, 6.45) is 1.49. The molecule has 0 spiro atoms. The molecule has 1 aromatic heterocycles. The number of aromatic nitrogens is 2. The summed E-state index contributed by atoms with van der Waals surface area (Å²) in [5.74, 6) is 2.18. The average molecular weight is 262 g/mol. The standard InChI is InChI=1S/C8H12BrN3S/c1-5(2)3-13-8-6(9)7(10)11-4-12-8/h4-5H,3H2,1-2H3,(H2,10,11,12). The number of nitrogen functional groups attached to an aromatic ring is 1. The molecule has 1 heterocycles. The summed E-state index contributed by atoms with van der Waals surface area (Å²) in [4.78, 5) is 8.01. The molecule has 3 nitrogen and oxygen atoms in total. The molecule has 0 saturated carbocycles. The van der Waals surface area contributed by atoms with Crippen LogP contribution in [0.15, 0.2) is 15.8 Å². The van der Waals surface area contributed by atoms with Crippen LogP contribution in [0.1, 0.15) is 13.8 Å². The Hall–Kier alpha value is -0.290. The molecular formula is C8H12BrN3S. The Bertz CT molecular complexity index is 291. The highest BCUT2D eigenvalue weighted by Crippen LogP contribution is 2.29. The van der Waals surface area contributed by atoms with E-state index in [0.717, 1.165) is 15.3 Å². The molecule has 0 bridgehead atoms. The summed E-state index contributed by atoms with van der Waals surface area (Å²) in [6, 6.07) is 0. The molecule has 0 amide bonds. The van der Waals surface area contributed by atoms with Crippen LogP contribution in [-0.2, 0) is 0 Å². The van der Waals surface area contributed by atoms with Crippen molar-refractivity contribution in [1.29, 1.82) is 0 Å². The zero-order valence-electron chi connectivity index (χ0n) is 7.62. The molecule has 13 heavy (non-hydrogen) atoms. The van der Waals surface area contributed by atoms with Crippen LogP contribution < -0.4 is 5.73 Å². The normalized spacial score (nSPS) is 10.8. The van der Waals surface area contributed by atoms with E-state index >= 15 is 0 Å². The van der Waals surface area contributed by atoms with Gasteiger partial charge in [-0.2, -0.15) is 0 Å². The Morgan fingerprint density at radius 3 is 2.85 bits per heavy atom. The molecule has 0 saturated heterocycles. The number of hydrogen-bond acceptors (Lipinski definition) is 4. The Morgan fingerprint density at radius 1 is 1.54 bits per heavy atom. The van der Waals surface area contributed by atoms with Gasteiger partial charge in [0.2, 0.25) is 0 Å². The van der Waals surface area contributed by atoms with Gasteiger partial charge in [-0.15, -0.1) is 11.8 Å². The molecule has 0 aromatic carbocycles. The molecule has 0 fully saturated rings. The van der Waals surface area contributed by atoms with Crippen LogP contribution in [0.5, 0.6) is 0 Å². The van der Waals surface area contributed by atoms with Gasteiger partial charge in [0.15, 0.2) is 0 Å². The third-order valence-electron chi connectivity index (χ3n) is 1.34. The van der Waals surface area contributed by atoms with Gasteiger partial charge < -0.3 is 5.73 Å². The molecule has 0 unspecified atom stereocenters. The van der Waals surface area contributed by atoms with Gasteiger partial charge in [-0.3, -0.25) is 0 Å². The first-order valence-corrected chi connectivity index (χ1v) is 5.78. The van der Waals surface area contributed by atoms with Gasteiger partial charge in [-0.25, -0.2) is 9.97 Å². The summed E-state index contributed by atoms with van der Waals surface area (Å²) in [5.41, 5.74) is 5.62. The lowest BCUT2D eigenvalue weighted by Crippen LogP contribution is -1.97. The van der Waals surface area contributed by atoms with E-state index in [9.17, 15) is 0 Å². The molecule has 0 radical (unpaired) electrons. The minimum Gasteiger partial charge on any atom is -0.383 e. The largest absolute Gasteiger partial charge is 0.383 e. The lowest BCUT2D eigenvalue weighted by Gasteiger charge is -2.05. The zero-order chi connectivity index (χ0) is 9.84. The van der Waals surface area contributed by atoms with Crippen molar-refractivity contribution in [1.82, 2.24) is 9.97 Å². The maximum Gasteiger partial charge on any atom is 0.142 e. The van der Waals surface area contributed by atoms with E-state index in [0.29, 0.717) is 11.7 Å². The molecule has 0 aliphatic heterocycles. The highest BCUT2D eigenvalue weighted by atomic mass is 79.9. The fourth-order valence-corrected chi connectivity index (χ4v) is 2.10. The van der Waals surface area contributed by atoms with Crippen LogP contribution in [0.4, 0.5) is 5.82 Å². The number of halogens is 1. The first kappa shape index (κ1) is 10.8. The van der Waals surface area contributed by atoms with E-state index in [2.05, 4.69) is 39.7 Å². The molecule has 0 aliphatic rings. The van der Waals surface area contributed by atoms with E-state index in [4.69, 9.17) is 5.73 Å². The lowest BCUT2D eigenvalue weighted by molar-refractivity contribution is 0.749. The van der Waals surface area contributed by atoms with Gasteiger partial charge in [0.1, 0.15) is 17.2 Å². The second-order valence-corrected chi connectivity index (χ2v) is 4.88. The molecule has 72 valence electrons. The molecule has 0 aliphatic carbocycles. The van der Waals surface area contributed by atoms with Gasteiger partial charge in [0.25, 0.3) is 0 Å². The number of thioether (sulfide) groups is 1. The summed E-state index contributed by atoms with van der Waals surface area (Å²) >= 11 is 5.05. The van der Waals surface area contributed by atoms with Crippen molar-refractivity contribution < 1.29 is 0 Å². The second kappa shape index (κ2) is 4.81. The molecule has 0 atom stereocenters. The Labute approximate surface area is 90.7 Å². The summed E-state index contributed by atoms with van der Waals surface area (Å²) in [7, 11) is 0. The average Bonchev–Trinajstić information content (AvgIpc) is 2.07. The molecule has 1 rings (SSSR count). The van der Waals surface area contributed by atoms with Crippen LogP contribution in [0, 0.1) is 5.92 Å². The number of nitrogens with zero attached hydrogens (tertiary/aromatic N) is 2. The van der Waals surface area contributed by atoms with Crippen molar-refractivity contribution in [2.24, 2.45) is 5.92 Å². The van der Waals surface area contributed by atoms with Crippen molar-refractivity contribution >= 4 is 33.5 Å². The van der Waals surface area contributed by atoms with Crippen molar-refractivity contribution in [2.75, 3.05) is 11.5 Å². The Balaban J connectivity index is 2.71. The first-order valence-electron chi connectivity index (χ1n) is 4.00. The monoisotopic (exact) mass is 261 g/mol. The zero-order valence-corrected chi connectivity index (χ0v) is 10.0. The van der Waals surface area contributed by atoms with Crippen molar-refractivity contribution in [3.8, 4) is 0 Å². The first-order chi connectivity index (χ1) is 6.11. The molecular weight excluding hydrogens is 250 g/mol. The number of hydrogen-bond donors (Lipinski definition) is 1. The van der Waals surface area contributed by atoms with E-state index in [-0.39, 0.29) is 0 Å². The predicted octanol–water partition coefficient (Wildman–Crippen LogP) is 2.57. The summed E-state index contributed by atoms with van der Waals surface area (Å²) in [5, 5.41) is 0.918. The Morgan fingerprint density at radius 2 is 2.23 bits per heavy atom. The SMILES string of the molecule is CC(C)CSc1ncnc(N)c1Br. The molecule has 1 aromatic rings. The fraction of sp³-hybridized carbons (Fsp3) is 0.500. The van der Waals surface area contributed by atoms with Gasteiger partial charge in [-0.05, 0) is 21.8 Å². The van der Waals surface area contributed by atoms with Crippen LogP contribution in [0.25, 0.3) is 0 Å². The molecule has 5 heteroatoms. The topological polar surface area (TPSA) is 51.8 Å². The third-order valence-corrected chi connectivity index (χ3v) is 3.80. The lowest BCUT2D eigenvalue weighted by atomic mass is 10.3. The number of rotatable bonds is 3. The van der Waals surface area contributed by atoms with Gasteiger partial charge in [0, 0.05) is 5.75 Å². The smallest absolute Gasteiger partial charge is 0.142 e. The summed E-state index contributed by atoms with van der Waals surface area (Å²) < 4.78 is 0.806. The van der Waals surface area contributed by atoms with Crippen LogP contribution in [0.3, 0.4) is 0 Å². The minimum atomic E-state index is 0.501. The van der Waals surface area contributed by atoms with E-state index in [1.165, 1.54) is 6.33 Å². The van der Waals surface area contributed by atoms with Crippen LogP contribution >= 0.6 is 27.7 Å². The number of anilines is 1. The number of nitrogens with two attached hydrogens (primary N) is 1. The van der Waals surface area contributed by atoms with Crippen LogP contribution in [0.2, 0.25) is 0 Å². The van der Waals surface area contributed by atoms with E-state index in [1.807, 2.05) is 0 Å². The van der Waals surface area contributed by atoms with E-state index in [1.54, 1.807) is 11.8 Å². The maximum atomic E-state index is 5.62. The highest BCUT2D eigenvalue weighted by Gasteiger charge is 2.06. The third kappa shape index (κ3) is 3.15. The maximum absolute atomic E-state index is 5.62. The van der Waals surface area contributed by atoms with Gasteiger partial charge in [0.05, 0.1) is 4.47 Å². The minimum absolute atomic E-state index is 0.501. The Kier molecular flexibility index (Phi) is 3.99. The van der Waals surface area contributed by atoms with Crippen LogP contribution in [-0.4, -0.2) is 15.7 Å². The predicted molar refractivity (Wildman–Crippen MR) is 59.7 cm³/mol. The van der Waals surface area contributed by atoms with Gasteiger partial charge in [-0.1, -0.05) is 13.8 Å². The van der Waals surface area contributed by atoms with Crippen molar-refractivity contribution in [2.45, 2.75) is 18.9 Å². The van der Waals surface area contributed by atoms with Crippen molar-refractivity contribution in [3.63, 3.8) is 0 Å². The fourth-order valence-electron chi connectivity index (χ4n) is 0.713. The highest BCUT2D eigenvalue weighted by molar-refractivity contribution is 9.10. The summed E-state index contributed by atoms with van der Waals surface area (Å²) in [6.45, 7) is 4.34. The van der Waals surface area contributed by atoms with Crippen molar-refractivity contribution in [3.05, 3.63) is 10.8 Å². The second-order valence-electron chi connectivity index (χ2n) is 3.08. The van der Waals surface area contributed by atoms with E-state index < -0.39 is 0 Å².